The van der Waals surface area contributed by atoms with Crippen molar-refractivity contribution in [3.63, 3.8) is 0 Å². The maximum Gasteiger partial charge on any atom is 0.242 e. The highest BCUT2D eigenvalue weighted by Crippen LogP contribution is 2.18. The van der Waals surface area contributed by atoms with E-state index in [0.29, 0.717) is 5.82 Å². The lowest BCUT2D eigenvalue weighted by molar-refractivity contribution is -0.129. The third kappa shape index (κ3) is 3.26. The Balaban J connectivity index is 1.33. The van der Waals surface area contributed by atoms with Crippen LogP contribution in [0.4, 0.5) is 11.5 Å². The number of anilines is 2. The topological polar surface area (TPSA) is 77.1 Å². The van der Waals surface area contributed by atoms with Crippen molar-refractivity contribution in [2.24, 2.45) is 0 Å². The maximum atomic E-state index is 12.5. The minimum absolute atomic E-state index is 0.0926. The predicted molar refractivity (Wildman–Crippen MR) is 97.6 cm³/mol. The average Bonchev–Trinajstić information content (AvgIpc) is 3.16. The average molecular weight is 336 g/mol. The van der Waals surface area contributed by atoms with Crippen LogP contribution in [0.3, 0.4) is 0 Å². The summed E-state index contributed by atoms with van der Waals surface area (Å²) in [7, 11) is 0. The number of para-hydroxylation sites is 1. The Kier molecular flexibility index (Phi) is 4.20. The van der Waals surface area contributed by atoms with Gasteiger partial charge in [0.25, 0.3) is 0 Å². The number of carbonyl (C=O) groups is 1. The summed E-state index contributed by atoms with van der Waals surface area (Å²) in [5, 5.41) is 4.03. The van der Waals surface area contributed by atoms with Crippen LogP contribution < -0.4 is 10.2 Å². The van der Waals surface area contributed by atoms with E-state index in [9.17, 15) is 4.79 Å². The molecular formula is C18H20N6O. The van der Waals surface area contributed by atoms with Crippen LogP contribution in [0.15, 0.2) is 48.9 Å². The van der Waals surface area contributed by atoms with Crippen LogP contribution >= 0.6 is 0 Å². The Morgan fingerprint density at radius 2 is 1.88 bits per heavy atom. The summed E-state index contributed by atoms with van der Waals surface area (Å²) in [5.41, 5.74) is 1.98. The minimum atomic E-state index is 0.0926. The molecule has 1 amide bonds. The van der Waals surface area contributed by atoms with Crippen molar-refractivity contribution in [2.45, 2.75) is 0 Å². The summed E-state index contributed by atoms with van der Waals surface area (Å²) < 4.78 is 0. The lowest BCUT2D eigenvalue weighted by atomic mass is 10.2. The lowest BCUT2D eigenvalue weighted by Crippen LogP contribution is -2.50. The van der Waals surface area contributed by atoms with E-state index in [4.69, 9.17) is 0 Å². The lowest BCUT2D eigenvalue weighted by Gasteiger charge is -2.36. The number of piperazine rings is 1. The van der Waals surface area contributed by atoms with Crippen LogP contribution in [-0.4, -0.2) is 58.5 Å². The second-order valence-electron chi connectivity index (χ2n) is 6.02. The van der Waals surface area contributed by atoms with Gasteiger partial charge in [-0.3, -0.25) is 4.79 Å². The Labute approximate surface area is 145 Å². The van der Waals surface area contributed by atoms with Crippen LogP contribution in [-0.2, 0) is 4.79 Å². The summed E-state index contributed by atoms with van der Waals surface area (Å²) >= 11 is 0. The molecule has 1 aromatic carbocycles. The fourth-order valence-corrected chi connectivity index (χ4v) is 3.14. The Morgan fingerprint density at radius 3 is 2.68 bits per heavy atom. The molecule has 25 heavy (non-hydrogen) atoms. The molecule has 3 heterocycles. The largest absolute Gasteiger partial charge is 0.368 e. The van der Waals surface area contributed by atoms with Gasteiger partial charge >= 0.3 is 0 Å². The molecule has 7 heteroatoms. The van der Waals surface area contributed by atoms with E-state index in [1.54, 1.807) is 0 Å². The number of hydrogen-bond donors (Lipinski definition) is 2. The van der Waals surface area contributed by atoms with Gasteiger partial charge in [-0.05, 0) is 18.2 Å². The van der Waals surface area contributed by atoms with Crippen LogP contribution in [0.2, 0.25) is 0 Å². The molecular weight excluding hydrogens is 316 g/mol. The number of nitrogens with one attached hydrogen (secondary N) is 2. The van der Waals surface area contributed by atoms with Crippen LogP contribution in [0, 0.1) is 0 Å². The molecule has 1 aliphatic rings. The van der Waals surface area contributed by atoms with Crippen molar-refractivity contribution in [3.8, 4) is 0 Å². The quantitative estimate of drug-likeness (QED) is 0.759. The van der Waals surface area contributed by atoms with Crippen molar-refractivity contribution in [1.82, 2.24) is 19.9 Å². The smallest absolute Gasteiger partial charge is 0.242 e. The molecule has 0 spiro atoms. The van der Waals surface area contributed by atoms with Gasteiger partial charge in [0, 0.05) is 38.1 Å². The molecule has 0 radical (unpaired) electrons. The first-order valence-electron chi connectivity index (χ1n) is 8.41. The van der Waals surface area contributed by atoms with Gasteiger partial charge in [0.2, 0.25) is 5.91 Å². The summed E-state index contributed by atoms with van der Waals surface area (Å²) in [4.78, 5) is 28.1. The Bertz CT molecular complexity index is 854. The highest BCUT2D eigenvalue weighted by atomic mass is 16.2. The van der Waals surface area contributed by atoms with Gasteiger partial charge < -0.3 is 20.1 Å². The van der Waals surface area contributed by atoms with Gasteiger partial charge in [-0.15, -0.1) is 0 Å². The molecule has 1 fully saturated rings. The fraction of sp³-hybridized carbons (Fsp3) is 0.278. The van der Waals surface area contributed by atoms with Gasteiger partial charge in [0.05, 0.1) is 11.9 Å². The first-order chi connectivity index (χ1) is 12.3. The number of benzene rings is 1. The molecule has 0 saturated carbocycles. The molecule has 1 aliphatic heterocycles. The highest BCUT2D eigenvalue weighted by Gasteiger charge is 2.21. The first-order valence-corrected chi connectivity index (χ1v) is 8.41. The van der Waals surface area contributed by atoms with Crippen molar-refractivity contribution in [1.29, 1.82) is 0 Å². The number of aromatic nitrogens is 3. The zero-order valence-electron chi connectivity index (χ0n) is 13.9. The SMILES string of the molecule is O=C(CNc1ncnc2[nH]ccc12)N1CCN(c2ccccc2)CC1. The summed E-state index contributed by atoms with van der Waals surface area (Å²) in [6, 6.07) is 12.2. The monoisotopic (exact) mass is 336 g/mol. The van der Waals surface area contributed by atoms with Gasteiger partial charge in [-0.25, -0.2) is 9.97 Å². The van der Waals surface area contributed by atoms with Gasteiger partial charge in [-0.2, -0.15) is 0 Å². The number of fused-ring (bicyclic) bond motifs is 1. The molecule has 7 nitrogen and oxygen atoms in total. The molecule has 0 aliphatic carbocycles. The van der Waals surface area contributed by atoms with Gasteiger partial charge in [0.1, 0.15) is 17.8 Å². The second-order valence-corrected chi connectivity index (χ2v) is 6.02. The predicted octanol–water partition coefficient (Wildman–Crippen LogP) is 1.72. The number of hydrogen-bond acceptors (Lipinski definition) is 5. The zero-order valence-corrected chi connectivity index (χ0v) is 13.9. The second kappa shape index (κ2) is 6.80. The number of nitrogens with zero attached hydrogens (tertiary/aromatic N) is 4. The summed E-state index contributed by atoms with van der Waals surface area (Å²) in [6.07, 6.45) is 3.30. The third-order valence-electron chi connectivity index (χ3n) is 4.51. The van der Waals surface area contributed by atoms with E-state index in [2.05, 4.69) is 37.3 Å². The molecule has 2 N–H and O–H groups in total. The van der Waals surface area contributed by atoms with Crippen molar-refractivity contribution < 1.29 is 4.79 Å². The number of rotatable bonds is 4. The summed E-state index contributed by atoms with van der Waals surface area (Å²) in [5.74, 6) is 0.775. The molecule has 0 bridgehead atoms. The molecule has 128 valence electrons. The molecule has 4 rings (SSSR count). The van der Waals surface area contributed by atoms with Gasteiger partial charge in [0.15, 0.2) is 0 Å². The minimum Gasteiger partial charge on any atom is -0.368 e. The molecule has 3 aromatic rings. The number of aromatic amines is 1. The van der Waals surface area contributed by atoms with E-state index < -0.39 is 0 Å². The van der Waals surface area contributed by atoms with Crippen molar-refractivity contribution in [3.05, 3.63) is 48.9 Å². The van der Waals surface area contributed by atoms with E-state index >= 15 is 0 Å². The highest BCUT2D eigenvalue weighted by molar-refractivity contribution is 5.89. The van der Waals surface area contributed by atoms with Crippen LogP contribution in [0.25, 0.3) is 11.0 Å². The van der Waals surface area contributed by atoms with Crippen molar-refractivity contribution >= 4 is 28.4 Å². The Morgan fingerprint density at radius 1 is 1.08 bits per heavy atom. The van der Waals surface area contributed by atoms with Crippen LogP contribution in [0.1, 0.15) is 0 Å². The molecule has 0 unspecified atom stereocenters. The number of H-pyrrole nitrogens is 1. The van der Waals surface area contributed by atoms with E-state index in [0.717, 1.165) is 37.2 Å². The van der Waals surface area contributed by atoms with Crippen LogP contribution in [0.5, 0.6) is 0 Å². The third-order valence-corrected chi connectivity index (χ3v) is 4.51. The summed E-state index contributed by atoms with van der Waals surface area (Å²) in [6.45, 7) is 3.41. The first kappa shape index (κ1) is 15.4. The number of carbonyl (C=O) groups excluding carboxylic acids is 1. The molecule has 1 saturated heterocycles. The molecule has 0 atom stereocenters. The van der Waals surface area contributed by atoms with Crippen molar-refractivity contribution in [2.75, 3.05) is 42.9 Å². The molecule has 2 aromatic heterocycles. The maximum absolute atomic E-state index is 12.5. The number of amides is 1. The van der Waals surface area contributed by atoms with E-state index in [-0.39, 0.29) is 12.5 Å². The van der Waals surface area contributed by atoms with E-state index in [1.165, 1.54) is 12.0 Å². The standard InChI is InChI=1S/C18H20N6O/c25-16(12-20-18-15-6-7-19-17(15)21-13-22-18)24-10-8-23(9-11-24)14-4-2-1-3-5-14/h1-7,13H,8-12H2,(H2,19,20,21,22). The van der Waals surface area contributed by atoms with E-state index in [1.807, 2.05) is 35.4 Å². The zero-order chi connectivity index (χ0) is 17.1. The Hall–Kier alpha value is -3.09. The fourth-order valence-electron chi connectivity index (χ4n) is 3.14. The van der Waals surface area contributed by atoms with Gasteiger partial charge in [-0.1, -0.05) is 18.2 Å². The normalized spacial score (nSPS) is 14.7.